The van der Waals surface area contributed by atoms with Crippen molar-refractivity contribution in [3.05, 3.63) is 41.6 Å². The Bertz CT molecular complexity index is 535. The summed E-state index contributed by atoms with van der Waals surface area (Å²) in [5.41, 5.74) is 6.96. The van der Waals surface area contributed by atoms with E-state index in [1.807, 2.05) is 0 Å². The van der Waals surface area contributed by atoms with E-state index in [0.29, 0.717) is 18.7 Å². The van der Waals surface area contributed by atoms with Gasteiger partial charge in [0.05, 0.1) is 11.4 Å². The van der Waals surface area contributed by atoms with E-state index in [2.05, 4.69) is 5.10 Å². The molecular formula is C12H13F2N3. The van der Waals surface area contributed by atoms with Crippen molar-refractivity contribution in [3.63, 3.8) is 0 Å². The highest BCUT2D eigenvalue weighted by Crippen LogP contribution is 2.24. The summed E-state index contributed by atoms with van der Waals surface area (Å²) in [7, 11) is 1.69. The van der Waals surface area contributed by atoms with E-state index in [-0.39, 0.29) is 5.56 Å². The molecule has 1 aromatic heterocycles. The Morgan fingerprint density at radius 3 is 2.76 bits per heavy atom. The number of benzene rings is 1. The third-order valence-electron chi connectivity index (χ3n) is 2.54. The fourth-order valence-corrected chi connectivity index (χ4v) is 1.74. The van der Waals surface area contributed by atoms with Crippen LogP contribution in [0.15, 0.2) is 24.3 Å². The molecule has 0 saturated carbocycles. The van der Waals surface area contributed by atoms with Crippen LogP contribution in [0.2, 0.25) is 0 Å². The maximum absolute atomic E-state index is 13.6. The molecule has 2 N–H and O–H groups in total. The molecule has 0 spiro atoms. The van der Waals surface area contributed by atoms with Crippen LogP contribution >= 0.6 is 0 Å². The van der Waals surface area contributed by atoms with Crippen molar-refractivity contribution >= 4 is 0 Å². The third-order valence-corrected chi connectivity index (χ3v) is 2.54. The molecule has 1 heterocycles. The van der Waals surface area contributed by atoms with Crippen molar-refractivity contribution in [3.8, 4) is 11.3 Å². The van der Waals surface area contributed by atoms with Crippen LogP contribution in [0.3, 0.4) is 0 Å². The Morgan fingerprint density at radius 2 is 2.06 bits per heavy atom. The molecule has 0 aliphatic rings. The molecule has 3 nitrogen and oxygen atoms in total. The second-order valence-electron chi connectivity index (χ2n) is 3.81. The normalized spacial score (nSPS) is 10.8. The summed E-state index contributed by atoms with van der Waals surface area (Å²) in [4.78, 5) is 0. The fourth-order valence-electron chi connectivity index (χ4n) is 1.74. The number of halogens is 2. The molecule has 0 saturated heterocycles. The highest BCUT2D eigenvalue weighted by Gasteiger charge is 2.12. The standard InChI is InChI=1S/C12H13F2N3/c1-17-12(7-9(16-17)4-5-15)10-6-8(13)2-3-11(10)14/h2-3,6-7H,4-5,15H2,1H3. The minimum absolute atomic E-state index is 0.211. The Hall–Kier alpha value is -1.75. The maximum atomic E-state index is 13.6. The quantitative estimate of drug-likeness (QED) is 0.885. The van der Waals surface area contributed by atoms with Crippen LogP contribution in [-0.2, 0) is 13.5 Å². The summed E-state index contributed by atoms with van der Waals surface area (Å²) in [6.45, 7) is 0.474. The molecule has 2 rings (SSSR count). The summed E-state index contributed by atoms with van der Waals surface area (Å²) < 4.78 is 28.2. The monoisotopic (exact) mass is 237 g/mol. The zero-order valence-electron chi connectivity index (χ0n) is 9.45. The van der Waals surface area contributed by atoms with Crippen molar-refractivity contribution in [2.75, 3.05) is 6.54 Å². The Labute approximate surface area is 97.9 Å². The van der Waals surface area contributed by atoms with Crippen molar-refractivity contribution in [1.29, 1.82) is 0 Å². The summed E-state index contributed by atoms with van der Waals surface area (Å²) in [5.74, 6) is -0.934. The molecule has 0 fully saturated rings. The molecule has 5 heteroatoms. The molecule has 0 atom stereocenters. The van der Waals surface area contributed by atoms with E-state index in [9.17, 15) is 8.78 Å². The molecule has 90 valence electrons. The first-order valence-corrected chi connectivity index (χ1v) is 5.30. The van der Waals surface area contributed by atoms with E-state index < -0.39 is 11.6 Å². The van der Waals surface area contributed by atoms with Gasteiger partial charge in [0, 0.05) is 19.0 Å². The van der Waals surface area contributed by atoms with E-state index in [4.69, 9.17) is 5.73 Å². The zero-order valence-corrected chi connectivity index (χ0v) is 9.45. The van der Waals surface area contributed by atoms with Gasteiger partial charge in [0.25, 0.3) is 0 Å². The molecule has 0 radical (unpaired) electrons. The highest BCUT2D eigenvalue weighted by molar-refractivity contribution is 5.60. The van der Waals surface area contributed by atoms with Crippen molar-refractivity contribution in [1.82, 2.24) is 9.78 Å². The molecule has 2 aromatic rings. The first-order chi connectivity index (χ1) is 8.11. The van der Waals surface area contributed by atoms with E-state index in [0.717, 1.165) is 17.8 Å². The minimum Gasteiger partial charge on any atom is -0.330 e. The van der Waals surface area contributed by atoms with Crippen LogP contribution in [-0.4, -0.2) is 16.3 Å². The van der Waals surface area contributed by atoms with Crippen LogP contribution in [0.4, 0.5) is 8.78 Å². The molecule has 0 unspecified atom stereocenters. The van der Waals surface area contributed by atoms with Gasteiger partial charge in [-0.1, -0.05) is 0 Å². The summed E-state index contributed by atoms with van der Waals surface area (Å²) in [6.07, 6.45) is 0.616. The Morgan fingerprint density at radius 1 is 1.29 bits per heavy atom. The van der Waals surface area contributed by atoms with Gasteiger partial charge in [0.2, 0.25) is 0 Å². The lowest BCUT2D eigenvalue weighted by Crippen LogP contribution is -2.03. The lowest BCUT2D eigenvalue weighted by Gasteiger charge is -2.03. The molecule has 1 aromatic carbocycles. The van der Waals surface area contributed by atoms with Crippen LogP contribution in [0.1, 0.15) is 5.69 Å². The Balaban J connectivity index is 2.48. The Kier molecular flexibility index (Phi) is 3.19. The second kappa shape index (κ2) is 4.63. The minimum atomic E-state index is -0.469. The molecule has 0 amide bonds. The van der Waals surface area contributed by atoms with Crippen molar-refractivity contribution in [2.45, 2.75) is 6.42 Å². The first-order valence-electron chi connectivity index (χ1n) is 5.30. The second-order valence-corrected chi connectivity index (χ2v) is 3.81. The van der Waals surface area contributed by atoms with Gasteiger partial charge >= 0.3 is 0 Å². The summed E-state index contributed by atoms with van der Waals surface area (Å²) in [6, 6.07) is 5.10. The van der Waals surface area contributed by atoms with Crippen LogP contribution in [0, 0.1) is 11.6 Å². The molecular weight excluding hydrogens is 224 g/mol. The maximum Gasteiger partial charge on any atom is 0.132 e. The van der Waals surface area contributed by atoms with Crippen molar-refractivity contribution < 1.29 is 8.78 Å². The predicted octanol–water partition coefficient (Wildman–Crippen LogP) is 1.87. The molecule has 17 heavy (non-hydrogen) atoms. The number of aromatic nitrogens is 2. The number of nitrogens with two attached hydrogens (primary N) is 1. The van der Waals surface area contributed by atoms with Crippen LogP contribution in [0.5, 0.6) is 0 Å². The molecule has 0 aliphatic heterocycles. The average Bonchev–Trinajstić information content (AvgIpc) is 2.64. The van der Waals surface area contributed by atoms with Gasteiger partial charge in [-0.3, -0.25) is 4.68 Å². The topological polar surface area (TPSA) is 43.8 Å². The SMILES string of the molecule is Cn1nc(CCN)cc1-c1cc(F)ccc1F. The van der Waals surface area contributed by atoms with E-state index >= 15 is 0 Å². The fraction of sp³-hybridized carbons (Fsp3) is 0.250. The number of rotatable bonds is 3. The zero-order chi connectivity index (χ0) is 12.4. The third kappa shape index (κ3) is 2.34. The summed E-state index contributed by atoms with van der Waals surface area (Å²) >= 11 is 0. The van der Waals surface area contributed by atoms with Gasteiger partial charge in [-0.2, -0.15) is 5.10 Å². The van der Waals surface area contributed by atoms with Gasteiger partial charge in [0.15, 0.2) is 0 Å². The lowest BCUT2D eigenvalue weighted by molar-refractivity contribution is 0.601. The van der Waals surface area contributed by atoms with Gasteiger partial charge in [-0.05, 0) is 30.8 Å². The summed E-state index contributed by atoms with van der Waals surface area (Å²) in [5, 5.41) is 4.20. The number of hydrogen-bond donors (Lipinski definition) is 1. The highest BCUT2D eigenvalue weighted by atomic mass is 19.1. The number of nitrogens with zero attached hydrogens (tertiary/aromatic N) is 2. The lowest BCUT2D eigenvalue weighted by atomic mass is 10.1. The van der Waals surface area contributed by atoms with Crippen molar-refractivity contribution in [2.24, 2.45) is 12.8 Å². The average molecular weight is 237 g/mol. The molecule has 0 bridgehead atoms. The van der Waals surface area contributed by atoms with Crippen LogP contribution in [0.25, 0.3) is 11.3 Å². The van der Waals surface area contributed by atoms with Gasteiger partial charge < -0.3 is 5.73 Å². The largest absolute Gasteiger partial charge is 0.330 e. The number of aryl methyl sites for hydroxylation is 1. The smallest absolute Gasteiger partial charge is 0.132 e. The van der Waals surface area contributed by atoms with Crippen LogP contribution < -0.4 is 5.73 Å². The van der Waals surface area contributed by atoms with Gasteiger partial charge in [-0.15, -0.1) is 0 Å². The van der Waals surface area contributed by atoms with E-state index in [1.165, 1.54) is 10.7 Å². The predicted molar refractivity (Wildman–Crippen MR) is 61.3 cm³/mol. The van der Waals surface area contributed by atoms with E-state index in [1.54, 1.807) is 13.1 Å². The first kappa shape index (κ1) is 11.7. The van der Waals surface area contributed by atoms with Gasteiger partial charge in [0.1, 0.15) is 11.6 Å². The number of hydrogen-bond acceptors (Lipinski definition) is 2. The van der Waals surface area contributed by atoms with Gasteiger partial charge in [-0.25, -0.2) is 8.78 Å². The molecule has 0 aliphatic carbocycles.